The van der Waals surface area contributed by atoms with Gasteiger partial charge in [-0.15, -0.1) is 0 Å². The summed E-state index contributed by atoms with van der Waals surface area (Å²) < 4.78 is 5.32. The zero-order valence-corrected chi connectivity index (χ0v) is 16.1. The third-order valence-electron chi connectivity index (χ3n) is 4.81. The van der Waals surface area contributed by atoms with Crippen LogP contribution in [0, 0.1) is 24.2 Å². The third-order valence-corrected chi connectivity index (χ3v) is 5.21. The molecule has 1 fully saturated rings. The van der Waals surface area contributed by atoms with Crippen molar-refractivity contribution in [2.75, 3.05) is 30.4 Å². The maximum Gasteiger partial charge on any atom is 0.227 e. The van der Waals surface area contributed by atoms with E-state index in [1.165, 1.54) is 0 Å². The number of hydrogen-bond acceptors (Lipinski definition) is 5. The van der Waals surface area contributed by atoms with Gasteiger partial charge in [0.25, 0.3) is 0 Å². The molecule has 0 unspecified atom stereocenters. The van der Waals surface area contributed by atoms with E-state index in [1.807, 2.05) is 19.1 Å². The van der Waals surface area contributed by atoms with Crippen LogP contribution in [0.5, 0.6) is 5.75 Å². The molecule has 0 atom stereocenters. The number of rotatable bonds is 4. The lowest BCUT2D eigenvalue weighted by Gasteiger charge is -2.32. The first-order chi connectivity index (χ1) is 13.0. The number of amides is 1. The van der Waals surface area contributed by atoms with Crippen molar-refractivity contribution in [1.82, 2.24) is 4.98 Å². The summed E-state index contributed by atoms with van der Waals surface area (Å²) in [5.74, 6) is 1.31. The molecule has 2 heterocycles. The zero-order valence-electron chi connectivity index (χ0n) is 15.3. The van der Waals surface area contributed by atoms with Crippen LogP contribution in [0.2, 0.25) is 5.02 Å². The fourth-order valence-corrected chi connectivity index (χ4v) is 3.33. The predicted molar refractivity (Wildman–Crippen MR) is 105 cm³/mol. The van der Waals surface area contributed by atoms with Crippen molar-refractivity contribution in [1.29, 1.82) is 5.26 Å². The summed E-state index contributed by atoms with van der Waals surface area (Å²) in [7, 11) is 1.56. The first-order valence-electron chi connectivity index (χ1n) is 8.78. The Hall–Kier alpha value is -2.78. The number of hydrogen-bond donors (Lipinski definition) is 1. The number of nitriles is 1. The van der Waals surface area contributed by atoms with E-state index in [4.69, 9.17) is 21.6 Å². The van der Waals surface area contributed by atoms with Gasteiger partial charge in [0.05, 0.1) is 18.4 Å². The van der Waals surface area contributed by atoms with Crippen molar-refractivity contribution in [2.24, 2.45) is 5.92 Å². The molecule has 140 valence electrons. The van der Waals surface area contributed by atoms with Crippen molar-refractivity contribution in [3.8, 4) is 11.8 Å². The fourth-order valence-electron chi connectivity index (χ4n) is 3.17. The monoisotopic (exact) mass is 384 g/mol. The van der Waals surface area contributed by atoms with E-state index in [9.17, 15) is 4.79 Å². The Labute approximate surface area is 163 Å². The Morgan fingerprint density at radius 2 is 2.11 bits per heavy atom. The number of ether oxygens (including phenoxy) is 1. The van der Waals surface area contributed by atoms with Crippen molar-refractivity contribution in [2.45, 2.75) is 19.8 Å². The van der Waals surface area contributed by atoms with Crippen LogP contribution >= 0.6 is 11.6 Å². The minimum Gasteiger partial charge on any atom is -0.495 e. The van der Waals surface area contributed by atoms with Crippen LogP contribution in [0.1, 0.15) is 24.0 Å². The van der Waals surface area contributed by atoms with Gasteiger partial charge in [-0.2, -0.15) is 5.26 Å². The molecule has 0 bridgehead atoms. The minimum atomic E-state index is -0.0691. The molecule has 0 spiro atoms. The molecule has 7 heteroatoms. The van der Waals surface area contributed by atoms with Gasteiger partial charge in [-0.25, -0.2) is 4.98 Å². The van der Waals surface area contributed by atoms with E-state index in [2.05, 4.69) is 21.3 Å². The minimum absolute atomic E-state index is 0.0116. The molecule has 1 aliphatic rings. The molecule has 0 saturated carbocycles. The van der Waals surface area contributed by atoms with Crippen LogP contribution in [0.25, 0.3) is 0 Å². The molecule has 1 aliphatic heterocycles. The molecule has 1 aromatic heterocycles. The molecular formula is C20H21ClN4O2. The quantitative estimate of drug-likeness (QED) is 0.867. The van der Waals surface area contributed by atoms with Gasteiger partial charge in [0.15, 0.2) is 0 Å². The summed E-state index contributed by atoms with van der Waals surface area (Å²) in [5, 5.41) is 12.4. The number of halogens is 1. The summed E-state index contributed by atoms with van der Waals surface area (Å²) in [6.45, 7) is 3.38. The smallest absolute Gasteiger partial charge is 0.227 e. The van der Waals surface area contributed by atoms with E-state index < -0.39 is 0 Å². The topological polar surface area (TPSA) is 78.2 Å². The Morgan fingerprint density at radius 1 is 1.37 bits per heavy atom. The third kappa shape index (κ3) is 4.32. The number of nitrogens with one attached hydrogen (secondary N) is 1. The summed E-state index contributed by atoms with van der Waals surface area (Å²) in [4.78, 5) is 19.2. The van der Waals surface area contributed by atoms with Crippen molar-refractivity contribution in [3.05, 3.63) is 46.6 Å². The molecule has 27 heavy (non-hydrogen) atoms. The number of aromatic nitrogens is 1. The molecule has 1 saturated heterocycles. The first-order valence-corrected chi connectivity index (χ1v) is 9.15. The van der Waals surface area contributed by atoms with E-state index in [0.717, 1.165) is 37.3 Å². The van der Waals surface area contributed by atoms with Gasteiger partial charge in [-0.3, -0.25) is 4.79 Å². The standard InChI is InChI=1S/C20H21ClN4O2/c1-13-9-17(18(27-2)10-16(13)21)24-20(26)15-5-7-25(8-6-15)19-4-3-14(11-22)12-23-19/h3-4,9-10,12,15H,5-8H2,1-2H3,(H,24,26). The SMILES string of the molecule is COc1cc(Cl)c(C)cc1NC(=O)C1CCN(c2ccc(C#N)cn2)CC1. The number of nitrogens with zero attached hydrogens (tertiary/aromatic N) is 3. The van der Waals surface area contributed by atoms with Crippen LogP contribution < -0.4 is 15.0 Å². The summed E-state index contributed by atoms with van der Waals surface area (Å²) in [6, 6.07) is 9.22. The van der Waals surface area contributed by atoms with Crippen LogP contribution in [0.15, 0.2) is 30.5 Å². The Morgan fingerprint density at radius 3 is 2.70 bits per heavy atom. The van der Waals surface area contributed by atoms with E-state index in [1.54, 1.807) is 25.4 Å². The van der Waals surface area contributed by atoms with E-state index in [-0.39, 0.29) is 11.8 Å². The van der Waals surface area contributed by atoms with Gasteiger partial charge in [0.1, 0.15) is 17.6 Å². The molecule has 6 nitrogen and oxygen atoms in total. The van der Waals surface area contributed by atoms with Crippen LogP contribution in [-0.4, -0.2) is 31.1 Å². The number of aryl methyl sites for hydroxylation is 1. The number of benzene rings is 1. The first kappa shape index (κ1) is 19.0. The van der Waals surface area contributed by atoms with Crippen molar-refractivity contribution < 1.29 is 9.53 Å². The maximum atomic E-state index is 12.7. The molecule has 1 amide bonds. The highest BCUT2D eigenvalue weighted by molar-refractivity contribution is 6.31. The van der Waals surface area contributed by atoms with Gasteiger partial charge in [-0.05, 0) is 43.5 Å². The number of carbonyl (C=O) groups is 1. The van der Waals surface area contributed by atoms with Crippen LogP contribution in [0.4, 0.5) is 11.5 Å². The number of pyridine rings is 1. The molecular weight excluding hydrogens is 364 g/mol. The lowest BCUT2D eigenvalue weighted by molar-refractivity contribution is -0.120. The number of carbonyl (C=O) groups excluding carboxylic acids is 1. The van der Waals surface area contributed by atoms with Crippen molar-refractivity contribution in [3.63, 3.8) is 0 Å². The number of anilines is 2. The Balaban J connectivity index is 1.62. The summed E-state index contributed by atoms with van der Waals surface area (Å²) in [5.41, 5.74) is 2.07. The number of methoxy groups -OCH3 is 1. The van der Waals surface area contributed by atoms with Gasteiger partial charge < -0.3 is 15.0 Å². The maximum absolute atomic E-state index is 12.7. The fraction of sp³-hybridized carbons (Fsp3) is 0.350. The second-order valence-corrected chi connectivity index (χ2v) is 6.98. The van der Waals surface area contributed by atoms with E-state index >= 15 is 0 Å². The molecule has 3 rings (SSSR count). The second-order valence-electron chi connectivity index (χ2n) is 6.57. The Kier molecular flexibility index (Phi) is 5.82. The van der Waals surface area contributed by atoms with E-state index in [0.29, 0.717) is 22.0 Å². The van der Waals surface area contributed by atoms with Gasteiger partial charge in [-0.1, -0.05) is 11.6 Å². The average Bonchev–Trinajstić information content (AvgIpc) is 2.70. The summed E-state index contributed by atoms with van der Waals surface area (Å²) in [6.07, 6.45) is 3.05. The highest BCUT2D eigenvalue weighted by Crippen LogP contribution is 2.32. The lowest BCUT2D eigenvalue weighted by atomic mass is 9.95. The zero-order chi connectivity index (χ0) is 19.4. The van der Waals surface area contributed by atoms with Gasteiger partial charge >= 0.3 is 0 Å². The molecule has 1 aromatic carbocycles. The molecule has 2 aromatic rings. The second kappa shape index (κ2) is 8.28. The highest BCUT2D eigenvalue weighted by atomic mass is 35.5. The molecule has 0 aliphatic carbocycles. The van der Waals surface area contributed by atoms with Crippen LogP contribution in [-0.2, 0) is 4.79 Å². The molecule has 0 radical (unpaired) electrons. The van der Waals surface area contributed by atoms with Crippen LogP contribution in [0.3, 0.4) is 0 Å². The van der Waals surface area contributed by atoms with Crippen molar-refractivity contribution >= 4 is 29.0 Å². The molecule has 1 N–H and O–H groups in total. The highest BCUT2D eigenvalue weighted by Gasteiger charge is 2.26. The van der Waals surface area contributed by atoms with Gasteiger partial charge in [0, 0.05) is 36.3 Å². The average molecular weight is 385 g/mol. The summed E-state index contributed by atoms with van der Waals surface area (Å²) >= 11 is 6.12. The predicted octanol–water partition coefficient (Wildman–Crippen LogP) is 3.78. The normalized spacial score (nSPS) is 14.5. The Bertz CT molecular complexity index is 869. The number of piperidine rings is 1. The lowest BCUT2D eigenvalue weighted by Crippen LogP contribution is -2.38. The van der Waals surface area contributed by atoms with Gasteiger partial charge in [0.2, 0.25) is 5.91 Å². The largest absolute Gasteiger partial charge is 0.495 e.